The number of carbonyl (C=O) groups is 1. The molecule has 1 aromatic rings. The number of fused-ring (bicyclic) bond motifs is 1. The molecule has 0 spiro atoms. The molecule has 0 bridgehead atoms. The topological polar surface area (TPSA) is 81.0 Å². The minimum absolute atomic E-state index is 0.170. The van der Waals surface area contributed by atoms with Gasteiger partial charge in [-0.3, -0.25) is 9.69 Å². The van der Waals surface area contributed by atoms with Gasteiger partial charge in [0.2, 0.25) is 0 Å². The van der Waals surface area contributed by atoms with Crippen molar-refractivity contribution in [3.05, 3.63) is 23.3 Å². The Bertz CT molecular complexity index is 486. The number of phenols is 2. The van der Waals surface area contributed by atoms with Gasteiger partial charge < -0.3 is 15.3 Å². The number of benzene rings is 1. The maximum Gasteiger partial charge on any atom is 0.324 e. The van der Waals surface area contributed by atoms with Crippen LogP contribution in [0.3, 0.4) is 0 Å². The number of aliphatic carboxylic acids is 1. The summed E-state index contributed by atoms with van der Waals surface area (Å²) in [5.41, 5.74) is 0.640. The highest BCUT2D eigenvalue weighted by Crippen LogP contribution is 2.36. The number of hydrogen-bond acceptors (Lipinski definition) is 4. The van der Waals surface area contributed by atoms with E-state index in [4.69, 9.17) is 0 Å². The Morgan fingerprint density at radius 3 is 2.35 bits per heavy atom. The van der Waals surface area contributed by atoms with Crippen LogP contribution in [0.1, 0.15) is 18.1 Å². The molecule has 0 fully saturated rings. The molecular formula is C12H15NO4. The summed E-state index contributed by atoms with van der Waals surface area (Å²) in [6.45, 7) is 2.09. The molecule has 1 aliphatic heterocycles. The van der Waals surface area contributed by atoms with Crippen LogP contribution in [0.5, 0.6) is 11.5 Å². The lowest BCUT2D eigenvalue weighted by Crippen LogP contribution is -2.54. The molecule has 0 aliphatic carbocycles. The van der Waals surface area contributed by atoms with E-state index < -0.39 is 11.5 Å². The predicted molar refractivity (Wildman–Crippen MR) is 61.0 cm³/mol. The maximum atomic E-state index is 11.3. The molecule has 0 saturated carbocycles. The van der Waals surface area contributed by atoms with Gasteiger partial charge in [0.1, 0.15) is 5.54 Å². The molecule has 1 aromatic carbocycles. The number of nitrogens with zero attached hydrogens (tertiary/aromatic N) is 1. The molecule has 2 rings (SSSR count). The third-order valence-corrected chi connectivity index (χ3v) is 3.54. The van der Waals surface area contributed by atoms with Crippen molar-refractivity contribution in [3.8, 4) is 11.5 Å². The van der Waals surface area contributed by atoms with Crippen molar-refractivity contribution in [3.63, 3.8) is 0 Å². The second-order valence-electron chi connectivity index (χ2n) is 4.72. The first kappa shape index (κ1) is 11.7. The fourth-order valence-corrected chi connectivity index (χ4v) is 2.15. The Morgan fingerprint density at radius 2 is 1.82 bits per heavy atom. The number of phenolic OH excluding ortho intramolecular Hbond substituents is 2. The van der Waals surface area contributed by atoms with Crippen molar-refractivity contribution >= 4 is 5.97 Å². The molecule has 17 heavy (non-hydrogen) atoms. The summed E-state index contributed by atoms with van der Waals surface area (Å²) in [5, 5.41) is 28.1. The monoisotopic (exact) mass is 237 g/mol. The summed E-state index contributed by atoms with van der Waals surface area (Å²) in [6.07, 6.45) is 0.308. The fraction of sp³-hybridized carbons (Fsp3) is 0.417. The quantitative estimate of drug-likeness (QED) is 0.633. The number of hydrogen-bond donors (Lipinski definition) is 3. The van der Waals surface area contributed by atoms with Crippen LogP contribution in [0.25, 0.3) is 0 Å². The average Bonchev–Trinajstić information content (AvgIpc) is 2.23. The fourth-order valence-electron chi connectivity index (χ4n) is 2.15. The van der Waals surface area contributed by atoms with Crippen molar-refractivity contribution in [1.82, 2.24) is 4.90 Å². The normalized spacial score (nSPS) is 24.4. The van der Waals surface area contributed by atoms with Crippen molar-refractivity contribution in [1.29, 1.82) is 0 Å². The van der Waals surface area contributed by atoms with Crippen molar-refractivity contribution in [2.24, 2.45) is 0 Å². The predicted octanol–water partition coefficient (Wildman–Crippen LogP) is 0.929. The van der Waals surface area contributed by atoms with Gasteiger partial charge in [0.05, 0.1) is 0 Å². The molecule has 0 aromatic heterocycles. The first-order chi connectivity index (χ1) is 7.84. The summed E-state index contributed by atoms with van der Waals surface area (Å²) in [4.78, 5) is 13.0. The largest absolute Gasteiger partial charge is 0.504 e. The van der Waals surface area contributed by atoms with E-state index in [1.807, 2.05) is 0 Å². The molecule has 5 nitrogen and oxygen atoms in total. The van der Waals surface area contributed by atoms with Crippen LogP contribution in [0.2, 0.25) is 0 Å². The van der Waals surface area contributed by atoms with Crippen LogP contribution in [-0.2, 0) is 17.8 Å². The number of aromatic hydroxyl groups is 2. The van der Waals surface area contributed by atoms with Gasteiger partial charge >= 0.3 is 5.97 Å². The number of rotatable bonds is 1. The van der Waals surface area contributed by atoms with Gasteiger partial charge in [0.25, 0.3) is 0 Å². The highest BCUT2D eigenvalue weighted by atomic mass is 16.4. The zero-order valence-corrected chi connectivity index (χ0v) is 9.77. The van der Waals surface area contributed by atoms with Crippen LogP contribution >= 0.6 is 0 Å². The standard InChI is InChI=1S/C12H15NO4/c1-12(11(16)17)5-7-3-9(14)10(15)4-8(7)6-13(12)2/h3-4,14-15H,5-6H2,1-2H3,(H,16,17). The number of carboxylic acid groups (broad SMARTS) is 1. The molecule has 92 valence electrons. The molecule has 1 atom stereocenters. The van der Waals surface area contributed by atoms with Crippen LogP contribution in [0.15, 0.2) is 12.1 Å². The zero-order chi connectivity index (χ0) is 12.8. The van der Waals surface area contributed by atoms with Crippen LogP contribution in [0.4, 0.5) is 0 Å². The lowest BCUT2D eigenvalue weighted by molar-refractivity contribution is -0.150. The van der Waals surface area contributed by atoms with E-state index in [-0.39, 0.29) is 11.5 Å². The molecule has 0 radical (unpaired) electrons. The third kappa shape index (κ3) is 1.72. The Morgan fingerprint density at radius 1 is 1.29 bits per heavy atom. The number of carboxylic acids is 1. The van der Waals surface area contributed by atoms with E-state index in [9.17, 15) is 20.1 Å². The molecule has 5 heteroatoms. The second kappa shape index (κ2) is 3.63. The smallest absolute Gasteiger partial charge is 0.324 e. The Kier molecular flexibility index (Phi) is 2.50. The van der Waals surface area contributed by atoms with Crippen molar-refractivity contribution in [2.75, 3.05) is 7.05 Å². The molecule has 1 unspecified atom stereocenters. The number of likely N-dealkylation sites (N-methyl/N-ethyl adjacent to an activating group) is 1. The van der Waals surface area contributed by atoms with Crippen LogP contribution in [-0.4, -0.2) is 38.8 Å². The summed E-state index contributed by atoms with van der Waals surface area (Å²) < 4.78 is 0. The molecule has 3 N–H and O–H groups in total. The van der Waals surface area contributed by atoms with E-state index in [1.165, 1.54) is 12.1 Å². The van der Waals surface area contributed by atoms with E-state index in [2.05, 4.69) is 0 Å². The maximum absolute atomic E-state index is 11.3. The average molecular weight is 237 g/mol. The minimum atomic E-state index is -0.976. The first-order valence-corrected chi connectivity index (χ1v) is 5.33. The summed E-state index contributed by atoms with van der Waals surface area (Å²) in [5.74, 6) is -1.27. The Balaban J connectivity index is 2.48. The zero-order valence-electron chi connectivity index (χ0n) is 9.77. The summed E-state index contributed by atoms with van der Waals surface area (Å²) in [6, 6.07) is 2.93. The van der Waals surface area contributed by atoms with Crippen LogP contribution < -0.4 is 0 Å². The first-order valence-electron chi connectivity index (χ1n) is 5.33. The summed E-state index contributed by atoms with van der Waals surface area (Å²) >= 11 is 0. The van der Waals surface area contributed by atoms with Crippen LogP contribution in [0, 0.1) is 0 Å². The summed E-state index contributed by atoms with van der Waals surface area (Å²) in [7, 11) is 1.74. The Hall–Kier alpha value is -1.75. The Labute approximate surface area is 98.9 Å². The van der Waals surface area contributed by atoms with Gasteiger partial charge in [-0.05, 0) is 37.2 Å². The van der Waals surface area contributed by atoms with Gasteiger partial charge in [0.15, 0.2) is 11.5 Å². The van der Waals surface area contributed by atoms with Gasteiger partial charge in [0, 0.05) is 13.0 Å². The molecule has 1 heterocycles. The van der Waals surface area contributed by atoms with Gasteiger partial charge in [-0.2, -0.15) is 0 Å². The van der Waals surface area contributed by atoms with E-state index >= 15 is 0 Å². The third-order valence-electron chi connectivity index (χ3n) is 3.54. The highest BCUT2D eigenvalue weighted by Gasteiger charge is 2.41. The van der Waals surface area contributed by atoms with E-state index in [0.717, 1.165) is 11.1 Å². The second-order valence-corrected chi connectivity index (χ2v) is 4.72. The SMILES string of the molecule is CN1Cc2cc(O)c(O)cc2CC1(C)C(=O)O. The van der Waals surface area contributed by atoms with Gasteiger partial charge in [-0.25, -0.2) is 0 Å². The van der Waals surface area contributed by atoms with E-state index in [0.29, 0.717) is 13.0 Å². The van der Waals surface area contributed by atoms with Crippen molar-refractivity contribution < 1.29 is 20.1 Å². The van der Waals surface area contributed by atoms with Gasteiger partial charge in [-0.1, -0.05) is 0 Å². The van der Waals surface area contributed by atoms with E-state index in [1.54, 1.807) is 18.9 Å². The highest BCUT2D eigenvalue weighted by molar-refractivity contribution is 5.79. The van der Waals surface area contributed by atoms with Crippen molar-refractivity contribution in [2.45, 2.75) is 25.4 Å². The van der Waals surface area contributed by atoms with Gasteiger partial charge in [-0.15, -0.1) is 0 Å². The molecule has 0 amide bonds. The minimum Gasteiger partial charge on any atom is -0.504 e. The lowest BCUT2D eigenvalue weighted by atomic mass is 9.84. The molecule has 1 aliphatic rings. The molecular weight excluding hydrogens is 222 g/mol. The lowest BCUT2D eigenvalue weighted by Gasteiger charge is -2.40. The molecule has 0 saturated heterocycles.